The van der Waals surface area contributed by atoms with Gasteiger partial charge < -0.3 is 0 Å². The van der Waals surface area contributed by atoms with Gasteiger partial charge in [0.25, 0.3) is 0 Å². The third-order valence-corrected chi connectivity index (χ3v) is 6.43. The third-order valence-electron chi connectivity index (χ3n) is 4.87. The van der Waals surface area contributed by atoms with E-state index in [2.05, 4.69) is 21.8 Å². The van der Waals surface area contributed by atoms with Crippen molar-refractivity contribution >= 4 is 10.0 Å². The van der Waals surface area contributed by atoms with Crippen LogP contribution in [0.3, 0.4) is 0 Å². The van der Waals surface area contributed by atoms with Crippen LogP contribution in [-0.2, 0) is 10.0 Å². The minimum atomic E-state index is -3.52. The van der Waals surface area contributed by atoms with Crippen LogP contribution >= 0.6 is 0 Å². The van der Waals surface area contributed by atoms with E-state index >= 15 is 0 Å². The van der Waals surface area contributed by atoms with Gasteiger partial charge in [-0.2, -0.15) is 0 Å². The van der Waals surface area contributed by atoms with Crippen LogP contribution in [0.5, 0.6) is 0 Å². The molecular weight excluding hydrogens is 332 g/mol. The predicted molar refractivity (Wildman–Crippen MR) is 101 cm³/mol. The number of nitrogens with one attached hydrogen (secondary N) is 1. The number of hydrogen-bond donors (Lipinski definition) is 1. The molecule has 1 aliphatic rings. The van der Waals surface area contributed by atoms with Gasteiger partial charge in [0.05, 0.1) is 4.90 Å². The van der Waals surface area contributed by atoms with Gasteiger partial charge in [-0.15, -0.1) is 0 Å². The molecule has 0 radical (unpaired) electrons. The SMILES string of the molecule is Cc1ccc(C)c(S(=O)(=O)NCC(c2ccccc2)N2CCCC2)c1. The Morgan fingerprint density at radius 3 is 2.40 bits per heavy atom. The van der Waals surface area contributed by atoms with Crippen molar-refractivity contribution in [1.82, 2.24) is 9.62 Å². The molecule has 1 saturated heterocycles. The summed E-state index contributed by atoms with van der Waals surface area (Å²) in [5, 5.41) is 0. The molecule has 25 heavy (non-hydrogen) atoms. The van der Waals surface area contributed by atoms with E-state index in [0.717, 1.165) is 29.8 Å². The summed E-state index contributed by atoms with van der Waals surface area (Å²) < 4.78 is 28.5. The Morgan fingerprint density at radius 2 is 1.72 bits per heavy atom. The molecule has 1 heterocycles. The van der Waals surface area contributed by atoms with E-state index < -0.39 is 10.0 Å². The molecule has 0 saturated carbocycles. The Morgan fingerprint density at radius 1 is 1.04 bits per heavy atom. The number of nitrogens with zero attached hydrogens (tertiary/aromatic N) is 1. The highest BCUT2D eigenvalue weighted by molar-refractivity contribution is 7.89. The average molecular weight is 359 g/mol. The lowest BCUT2D eigenvalue weighted by Crippen LogP contribution is -2.37. The summed E-state index contributed by atoms with van der Waals surface area (Å²) in [5.41, 5.74) is 2.88. The zero-order valence-corrected chi connectivity index (χ0v) is 15.7. The summed E-state index contributed by atoms with van der Waals surface area (Å²) in [6.07, 6.45) is 2.35. The number of benzene rings is 2. The Bertz CT molecular complexity index is 813. The largest absolute Gasteiger partial charge is 0.295 e. The topological polar surface area (TPSA) is 49.4 Å². The van der Waals surface area contributed by atoms with Gasteiger partial charge in [-0.3, -0.25) is 4.90 Å². The Hall–Kier alpha value is -1.69. The number of likely N-dealkylation sites (tertiary alicyclic amines) is 1. The van der Waals surface area contributed by atoms with Crippen molar-refractivity contribution < 1.29 is 8.42 Å². The van der Waals surface area contributed by atoms with Crippen molar-refractivity contribution in [2.24, 2.45) is 0 Å². The van der Waals surface area contributed by atoms with Crippen molar-refractivity contribution in [3.63, 3.8) is 0 Å². The molecule has 5 heteroatoms. The van der Waals surface area contributed by atoms with Crippen LogP contribution in [0, 0.1) is 13.8 Å². The van der Waals surface area contributed by atoms with Gasteiger partial charge in [0.1, 0.15) is 0 Å². The first-order valence-electron chi connectivity index (χ1n) is 8.83. The summed E-state index contributed by atoms with van der Waals surface area (Å²) >= 11 is 0. The second-order valence-corrected chi connectivity index (χ2v) is 8.53. The minimum absolute atomic E-state index is 0.0728. The molecule has 0 aliphatic carbocycles. The molecule has 2 aromatic rings. The molecule has 1 unspecified atom stereocenters. The van der Waals surface area contributed by atoms with Gasteiger partial charge in [-0.05, 0) is 62.5 Å². The zero-order valence-electron chi connectivity index (χ0n) is 14.9. The van der Waals surface area contributed by atoms with Gasteiger partial charge in [-0.1, -0.05) is 42.5 Å². The van der Waals surface area contributed by atoms with E-state index in [1.165, 1.54) is 12.8 Å². The van der Waals surface area contributed by atoms with E-state index in [-0.39, 0.29) is 6.04 Å². The molecular formula is C20H26N2O2S. The molecule has 134 valence electrons. The number of rotatable bonds is 6. The Labute approximate surface area is 150 Å². The van der Waals surface area contributed by atoms with Crippen LogP contribution in [0.25, 0.3) is 0 Å². The number of hydrogen-bond acceptors (Lipinski definition) is 3. The fourth-order valence-corrected chi connectivity index (χ4v) is 4.82. The number of sulfonamides is 1. The first-order chi connectivity index (χ1) is 12.0. The van der Waals surface area contributed by atoms with Crippen molar-refractivity contribution in [3.05, 3.63) is 65.2 Å². The maximum Gasteiger partial charge on any atom is 0.240 e. The van der Waals surface area contributed by atoms with Crippen LogP contribution in [0.4, 0.5) is 0 Å². The smallest absolute Gasteiger partial charge is 0.240 e. The molecule has 4 nitrogen and oxygen atoms in total. The Balaban J connectivity index is 1.81. The molecule has 3 rings (SSSR count). The fraction of sp³-hybridized carbons (Fsp3) is 0.400. The van der Waals surface area contributed by atoms with Crippen molar-refractivity contribution in [3.8, 4) is 0 Å². The molecule has 1 atom stereocenters. The van der Waals surface area contributed by atoms with Gasteiger partial charge in [0.2, 0.25) is 10.0 Å². The first-order valence-corrected chi connectivity index (χ1v) is 10.3. The molecule has 0 bridgehead atoms. The second kappa shape index (κ2) is 7.68. The predicted octanol–water partition coefficient (Wildman–Crippen LogP) is 3.42. The van der Waals surface area contributed by atoms with Gasteiger partial charge in [0.15, 0.2) is 0 Å². The van der Waals surface area contributed by atoms with Crippen molar-refractivity contribution in [2.75, 3.05) is 19.6 Å². The molecule has 2 aromatic carbocycles. The second-order valence-electron chi connectivity index (χ2n) is 6.79. The van der Waals surface area contributed by atoms with Crippen molar-refractivity contribution in [2.45, 2.75) is 37.6 Å². The fourth-order valence-electron chi connectivity index (χ4n) is 3.45. The highest BCUT2D eigenvalue weighted by Crippen LogP contribution is 2.25. The summed E-state index contributed by atoms with van der Waals surface area (Å²) in [4.78, 5) is 2.75. The van der Waals surface area contributed by atoms with E-state index in [1.54, 1.807) is 6.07 Å². The lowest BCUT2D eigenvalue weighted by Gasteiger charge is -2.28. The first kappa shape index (κ1) is 18.1. The quantitative estimate of drug-likeness (QED) is 0.861. The van der Waals surface area contributed by atoms with Crippen LogP contribution in [0.15, 0.2) is 53.4 Å². The third kappa shape index (κ3) is 4.29. The summed E-state index contributed by atoms with van der Waals surface area (Å²) in [6, 6.07) is 15.8. The number of aryl methyl sites for hydroxylation is 2. The van der Waals surface area contributed by atoms with Gasteiger partial charge in [0, 0.05) is 12.6 Å². The summed E-state index contributed by atoms with van der Waals surface area (Å²) in [6.45, 7) is 6.17. The van der Waals surface area contributed by atoms with E-state index in [0.29, 0.717) is 11.4 Å². The molecule has 1 aliphatic heterocycles. The maximum atomic E-state index is 12.8. The highest BCUT2D eigenvalue weighted by Gasteiger charge is 2.26. The van der Waals surface area contributed by atoms with Crippen LogP contribution < -0.4 is 4.72 Å². The lowest BCUT2D eigenvalue weighted by atomic mass is 10.1. The zero-order chi connectivity index (χ0) is 17.9. The van der Waals surface area contributed by atoms with Crippen LogP contribution in [0.1, 0.15) is 35.6 Å². The van der Waals surface area contributed by atoms with Crippen LogP contribution in [0.2, 0.25) is 0 Å². The van der Waals surface area contributed by atoms with Gasteiger partial charge in [-0.25, -0.2) is 13.1 Å². The summed E-state index contributed by atoms with van der Waals surface area (Å²) in [5.74, 6) is 0. The molecule has 1 fully saturated rings. The normalized spacial score (nSPS) is 16.9. The minimum Gasteiger partial charge on any atom is -0.295 e. The molecule has 0 amide bonds. The molecule has 0 spiro atoms. The monoisotopic (exact) mass is 358 g/mol. The van der Waals surface area contributed by atoms with E-state index in [9.17, 15) is 8.42 Å². The van der Waals surface area contributed by atoms with E-state index in [4.69, 9.17) is 0 Å². The van der Waals surface area contributed by atoms with E-state index in [1.807, 2.05) is 44.2 Å². The highest BCUT2D eigenvalue weighted by atomic mass is 32.2. The molecule has 1 N–H and O–H groups in total. The van der Waals surface area contributed by atoms with Gasteiger partial charge >= 0.3 is 0 Å². The van der Waals surface area contributed by atoms with Crippen LogP contribution in [-0.4, -0.2) is 33.0 Å². The summed E-state index contributed by atoms with van der Waals surface area (Å²) in [7, 11) is -3.52. The maximum absolute atomic E-state index is 12.8. The molecule has 0 aromatic heterocycles. The average Bonchev–Trinajstić information content (AvgIpc) is 3.12. The standard InChI is InChI=1S/C20H26N2O2S/c1-16-10-11-17(2)20(14-16)25(23,24)21-15-19(22-12-6-7-13-22)18-8-4-3-5-9-18/h3-5,8-11,14,19,21H,6-7,12-13,15H2,1-2H3. The van der Waals surface area contributed by atoms with Crippen molar-refractivity contribution in [1.29, 1.82) is 0 Å². The lowest BCUT2D eigenvalue weighted by molar-refractivity contribution is 0.246. The Kier molecular flexibility index (Phi) is 5.57.